The van der Waals surface area contributed by atoms with E-state index in [1.165, 1.54) is 0 Å². The summed E-state index contributed by atoms with van der Waals surface area (Å²) in [7, 11) is 4.03. The number of hydrogen-bond donors (Lipinski definition) is 0. The summed E-state index contributed by atoms with van der Waals surface area (Å²) < 4.78 is 5.84. The number of carbonyl (C=O) groups excluding carboxylic acids is 1. The Morgan fingerprint density at radius 1 is 1.17 bits per heavy atom. The van der Waals surface area contributed by atoms with Gasteiger partial charge in [0.1, 0.15) is 12.4 Å². The van der Waals surface area contributed by atoms with Crippen molar-refractivity contribution in [2.45, 2.75) is 19.4 Å². The molecule has 24 heavy (non-hydrogen) atoms. The summed E-state index contributed by atoms with van der Waals surface area (Å²) in [5, 5.41) is 0. The average Bonchev–Trinajstić information content (AvgIpc) is 2.82. The van der Waals surface area contributed by atoms with Crippen LogP contribution in [0.3, 0.4) is 0 Å². The Labute approximate surface area is 143 Å². The molecule has 0 N–H and O–H groups in total. The molecule has 0 aromatic heterocycles. The first-order valence-corrected chi connectivity index (χ1v) is 8.33. The van der Waals surface area contributed by atoms with Gasteiger partial charge in [0.2, 0.25) is 5.91 Å². The fourth-order valence-electron chi connectivity index (χ4n) is 3.01. The van der Waals surface area contributed by atoms with Gasteiger partial charge in [-0.3, -0.25) is 4.79 Å². The zero-order valence-corrected chi connectivity index (χ0v) is 14.5. The molecule has 1 heterocycles. The monoisotopic (exact) mass is 324 g/mol. The lowest BCUT2D eigenvalue weighted by Crippen LogP contribution is -2.35. The van der Waals surface area contributed by atoms with Crippen LogP contribution in [0, 0.1) is 0 Å². The van der Waals surface area contributed by atoms with E-state index in [9.17, 15) is 4.79 Å². The van der Waals surface area contributed by atoms with Gasteiger partial charge in [0.05, 0.1) is 12.5 Å². The maximum atomic E-state index is 12.9. The molecule has 1 aliphatic heterocycles. The maximum Gasteiger partial charge on any atom is 0.230 e. The number of fused-ring (bicyclic) bond motifs is 1. The van der Waals surface area contributed by atoms with E-state index in [0.29, 0.717) is 19.7 Å². The number of carbonyl (C=O) groups is 1. The van der Waals surface area contributed by atoms with Crippen LogP contribution >= 0.6 is 0 Å². The van der Waals surface area contributed by atoms with Crippen molar-refractivity contribution in [2.24, 2.45) is 0 Å². The minimum Gasteiger partial charge on any atom is -0.491 e. The lowest BCUT2D eigenvalue weighted by molar-refractivity contribution is -0.133. The third-order valence-corrected chi connectivity index (χ3v) is 4.52. The number of benzene rings is 2. The standard InChI is InChI=1S/C20H24N2O2/c1-15(16-7-5-4-6-8-16)20(23)22-11-12-24-19-10-9-18(21(2)3)13-17(19)14-22/h4-10,13,15H,11-12,14H2,1-3H3. The largest absolute Gasteiger partial charge is 0.491 e. The van der Waals surface area contributed by atoms with Gasteiger partial charge in [0.15, 0.2) is 0 Å². The summed E-state index contributed by atoms with van der Waals surface area (Å²) in [5.41, 5.74) is 3.23. The first kappa shape index (κ1) is 16.4. The quantitative estimate of drug-likeness (QED) is 0.868. The highest BCUT2D eigenvalue weighted by Crippen LogP contribution is 2.29. The molecular formula is C20H24N2O2. The number of hydrogen-bond acceptors (Lipinski definition) is 3. The highest BCUT2D eigenvalue weighted by atomic mass is 16.5. The second-order valence-electron chi connectivity index (χ2n) is 6.43. The highest BCUT2D eigenvalue weighted by molar-refractivity contribution is 5.83. The van der Waals surface area contributed by atoms with Crippen LogP contribution in [-0.4, -0.2) is 38.1 Å². The number of nitrogens with zero attached hydrogens (tertiary/aromatic N) is 2. The molecule has 0 aliphatic carbocycles. The predicted octanol–water partition coefficient (Wildman–Crippen LogP) is 3.28. The van der Waals surface area contributed by atoms with E-state index in [1.54, 1.807) is 0 Å². The zero-order chi connectivity index (χ0) is 17.1. The van der Waals surface area contributed by atoms with Crippen molar-refractivity contribution in [3.05, 3.63) is 59.7 Å². The van der Waals surface area contributed by atoms with E-state index in [-0.39, 0.29) is 11.8 Å². The summed E-state index contributed by atoms with van der Waals surface area (Å²) in [5.74, 6) is 0.876. The minimum absolute atomic E-state index is 0.146. The van der Waals surface area contributed by atoms with Gasteiger partial charge in [-0.15, -0.1) is 0 Å². The Morgan fingerprint density at radius 2 is 1.92 bits per heavy atom. The second kappa shape index (κ2) is 6.95. The predicted molar refractivity (Wildman–Crippen MR) is 96.5 cm³/mol. The first-order chi connectivity index (χ1) is 11.6. The van der Waals surface area contributed by atoms with Crippen LogP contribution in [0.4, 0.5) is 5.69 Å². The number of anilines is 1. The first-order valence-electron chi connectivity index (χ1n) is 8.33. The fourth-order valence-corrected chi connectivity index (χ4v) is 3.01. The minimum atomic E-state index is -0.148. The highest BCUT2D eigenvalue weighted by Gasteiger charge is 2.25. The Balaban J connectivity index is 1.82. The van der Waals surface area contributed by atoms with Crippen LogP contribution in [0.25, 0.3) is 0 Å². The molecule has 126 valence electrons. The van der Waals surface area contributed by atoms with Gasteiger partial charge in [0, 0.05) is 31.9 Å². The third-order valence-electron chi connectivity index (χ3n) is 4.52. The molecule has 3 rings (SSSR count). The summed E-state index contributed by atoms with van der Waals surface area (Å²) in [6.07, 6.45) is 0. The topological polar surface area (TPSA) is 32.8 Å². The Hall–Kier alpha value is -2.49. The summed E-state index contributed by atoms with van der Waals surface area (Å²) in [6, 6.07) is 16.1. The van der Waals surface area contributed by atoms with E-state index < -0.39 is 0 Å². The van der Waals surface area contributed by atoms with Crippen LogP contribution in [0.1, 0.15) is 24.0 Å². The van der Waals surface area contributed by atoms with Crippen LogP contribution in [0.5, 0.6) is 5.75 Å². The Morgan fingerprint density at radius 3 is 2.62 bits per heavy atom. The van der Waals surface area contributed by atoms with Crippen molar-refractivity contribution in [3.63, 3.8) is 0 Å². The van der Waals surface area contributed by atoms with E-state index in [0.717, 1.165) is 22.6 Å². The molecule has 1 atom stereocenters. The molecule has 0 bridgehead atoms. The number of amides is 1. The molecular weight excluding hydrogens is 300 g/mol. The van der Waals surface area contributed by atoms with Gasteiger partial charge in [-0.2, -0.15) is 0 Å². The van der Waals surface area contributed by atoms with Gasteiger partial charge < -0.3 is 14.5 Å². The van der Waals surface area contributed by atoms with E-state index in [4.69, 9.17) is 4.74 Å². The molecule has 0 saturated heterocycles. The van der Waals surface area contributed by atoms with Gasteiger partial charge in [-0.05, 0) is 30.7 Å². The lowest BCUT2D eigenvalue weighted by atomic mass is 9.99. The van der Waals surface area contributed by atoms with Crippen molar-refractivity contribution in [2.75, 3.05) is 32.1 Å². The smallest absolute Gasteiger partial charge is 0.230 e. The van der Waals surface area contributed by atoms with Crippen molar-refractivity contribution >= 4 is 11.6 Å². The summed E-state index contributed by atoms with van der Waals surface area (Å²) in [4.78, 5) is 16.9. The van der Waals surface area contributed by atoms with E-state index >= 15 is 0 Å². The van der Waals surface area contributed by atoms with Gasteiger partial charge in [-0.1, -0.05) is 30.3 Å². The number of ether oxygens (including phenoxy) is 1. The SMILES string of the molecule is CC(C(=O)N1CCOc2ccc(N(C)C)cc2C1)c1ccccc1. The Bertz CT molecular complexity index is 713. The van der Waals surface area contributed by atoms with E-state index in [2.05, 4.69) is 11.0 Å². The molecule has 0 radical (unpaired) electrons. The van der Waals surface area contributed by atoms with Crippen molar-refractivity contribution < 1.29 is 9.53 Å². The van der Waals surface area contributed by atoms with Crippen molar-refractivity contribution in [1.82, 2.24) is 4.90 Å². The van der Waals surface area contributed by atoms with Crippen molar-refractivity contribution in [3.8, 4) is 5.75 Å². The maximum absolute atomic E-state index is 12.9. The molecule has 1 amide bonds. The molecule has 2 aromatic carbocycles. The van der Waals surface area contributed by atoms with Crippen LogP contribution < -0.4 is 9.64 Å². The Kier molecular flexibility index (Phi) is 4.74. The molecule has 1 aliphatic rings. The van der Waals surface area contributed by atoms with Crippen LogP contribution in [0.2, 0.25) is 0 Å². The molecule has 0 fully saturated rings. The molecule has 1 unspecified atom stereocenters. The van der Waals surface area contributed by atoms with Gasteiger partial charge in [-0.25, -0.2) is 0 Å². The normalized spacial score (nSPS) is 15.0. The average molecular weight is 324 g/mol. The van der Waals surface area contributed by atoms with E-state index in [1.807, 2.05) is 68.4 Å². The third kappa shape index (κ3) is 3.37. The van der Waals surface area contributed by atoms with Crippen molar-refractivity contribution in [1.29, 1.82) is 0 Å². The number of rotatable bonds is 3. The van der Waals surface area contributed by atoms with Crippen LogP contribution in [0.15, 0.2) is 48.5 Å². The summed E-state index contributed by atoms with van der Waals surface area (Å²) in [6.45, 7) is 3.71. The summed E-state index contributed by atoms with van der Waals surface area (Å²) >= 11 is 0. The lowest BCUT2D eigenvalue weighted by Gasteiger charge is -2.24. The van der Waals surface area contributed by atoms with Crippen LogP contribution in [-0.2, 0) is 11.3 Å². The molecule has 4 heteroatoms. The second-order valence-corrected chi connectivity index (χ2v) is 6.43. The molecule has 2 aromatic rings. The molecule has 0 spiro atoms. The van der Waals surface area contributed by atoms with Gasteiger partial charge >= 0.3 is 0 Å². The molecule has 0 saturated carbocycles. The fraction of sp³-hybridized carbons (Fsp3) is 0.350. The van der Waals surface area contributed by atoms with Gasteiger partial charge in [0.25, 0.3) is 0 Å². The molecule has 4 nitrogen and oxygen atoms in total. The zero-order valence-electron chi connectivity index (χ0n) is 14.5.